The molecule has 1 unspecified atom stereocenters. The van der Waals surface area contributed by atoms with Crippen molar-refractivity contribution >= 4 is 83.5 Å². The second-order valence-corrected chi connectivity index (χ2v) is 16.8. The minimum atomic E-state index is -3.23. The Morgan fingerprint density at radius 2 is 1.00 bits per heavy atom. The van der Waals surface area contributed by atoms with Crippen LogP contribution in [-0.4, -0.2) is 4.57 Å². The minimum absolute atomic E-state index is 0.859. The average molecular weight is 709 g/mol. The summed E-state index contributed by atoms with van der Waals surface area (Å²) < 4.78 is 18.3. The van der Waals surface area contributed by atoms with Gasteiger partial charge in [0, 0.05) is 44.1 Å². The van der Waals surface area contributed by atoms with Crippen molar-refractivity contribution in [3.05, 3.63) is 200 Å². The molecule has 1 atom stereocenters. The Bertz CT molecular complexity index is 3070. The number of fused-ring (bicyclic) bond motifs is 9. The van der Waals surface area contributed by atoms with E-state index >= 15 is 4.57 Å². The Morgan fingerprint density at radius 1 is 0.426 bits per heavy atom. The van der Waals surface area contributed by atoms with Crippen LogP contribution in [0.4, 0.5) is 17.1 Å². The average Bonchev–Trinajstić information content (AvgIpc) is 3.71. The maximum Gasteiger partial charge on any atom is 0.174 e. The van der Waals surface area contributed by atoms with Crippen LogP contribution in [0.3, 0.4) is 0 Å². The van der Waals surface area contributed by atoms with Crippen LogP contribution in [0.15, 0.2) is 200 Å². The molecule has 0 saturated heterocycles. The molecule has 0 bridgehead atoms. The van der Waals surface area contributed by atoms with E-state index in [9.17, 15) is 0 Å². The number of anilines is 3. The maximum absolute atomic E-state index is 16.0. The number of rotatable bonds is 5. The van der Waals surface area contributed by atoms with Crippen molar-refractivity contribution in [1.29, 1.82) is 0 Å². The van der Waals surface area contributed by atoms with E-state index in [1.165, 1.54) is 21.5 Å². The molecule has 0 N–H and O–H groups in total. The van der Waals surface area contributed by atoms with Crippen molar-refractivity contribution < 1.29 is 4.57 Å². The van der Waals surface area contributed by atoms with Crippen LogP contribution in [0, 0.1) is 0 Å². The first-order valence-corrected chi connectivity index (χ1v) is 20.1. The SMILES string of the molecule is O=P1(c2ccccc2)c2ccccc2-c2ccc3c4ccccc4n(-c4ccc(N(c5ccc6ccccc6c5)c5ccc6ccccc6c5)cc4)c3c21. The van der Waals surface area contributed by atoms with Crippen molar-refractivity contribution in [2.75, 3.05) is 4.90 Å². The Kier molecular flexibility index (Phi) is 6.83. The molecule has 0 spiro atoms. The third-order valence-electron chi connectivity index (χ3n) is 11.1. The molecule has 254 valence electrons. The standard InChI is InChI=1S/C50H33N2OP/c53-54(42-16-2-1-3-17-42)48-21-11-9-19-44(48)46-31-30-45-43-18-8-10-20-47(43)52(49(45)50(46)54)39-28-26-38(27-29-39)51(40-24-22-34-12-4-6-14-36(34)32-40)41-25-23-35-13-5-7-15-37(35)33-41/h1-33H. The van der Waals surface area contributed by atoms with Gasteiger partial charge < -0.3 is 14.0 Å². The van der Waals surface area contributed by atoms with Gasteiger partial charge in [0.05, 0.1) is 16.3 Å². The molecule has 1 aliphatic rings. The minimum Gasteiger partial charge on any atom is -0.310 e. The zero-order valence-electron chi connectivity index (χ0n) is 29.3. The topological polar surface area (TPSA) is 25.2 Å². The summed E-state index contributed by atoms with van der Waals surface area (Å²) in [6, 6.07) is 70.5. The number of benzene rings is 9. The first-order chi connectivity index (χ1) is 26.7. The van der Waals surface area contributed by atoms with E-state index < -0.39 is 7.14 Å². The highest BCUT2D eigenvalue weighted by Gasteiger charge is 2.42. The first kappa shape index (κ1) is 30.9. The number of hydrogen-bond acceptors (Lipinski definition) is 2. The molecule has 54 heavy (non-hydrogen) atoms. The molecule has 3 nitrogen and oxygen atoms in total. The monoisotopic (exact) mass is 708 g/mol. The van der Waals surface area contributed by atoms with Crippen LogP contribution < -0.4 is 20.8 Å². The molecule has 0 fully saturated rings. The van der Waals surface area contributed by atoms with Crippen LogP contribution in [0.5, 0.6) is 0 Å². The van der Waals surface area contributed by atoms with Crippen molar-refractivity contribution in [3.63, 3.8) is 0 Å². The van der Waals surface area contributed by atoms with Crippen molar-refractivity contribution in [2.45, 2.75) is 0 Å². The Labute approximate surface area is 313 Å². The van der Waals surface area contributed by atoms with Gasteiger partial charge in [-0.05, 0) is 87.3 Å². The molecule has 2 heterocycles. The zero-order chi connectivity index (χ0) is 35.8. The van der Waals surface area contributed by atoms with Crippen LogP contribution in [-0.2, 0) is 4.57 Å². The van der Waals surface area contributed by atoms with Crippen molar-refractivity contribution in [3.8, 4) is 16.8 Å². The summed E-state index contributed by atoms with van der Waals surface area (Å²) in [6.07, 6.45) is 0. The Morgan fingerprint density at radius 3 is 1.70 bits per heavy atom. The molecule has 0 aliphatic carbocycles. The van der Waals surface area contributed by atoms with Crippen LogP contribution in [0.25, 0.3) is 60.2 Å². The van der Waals surface area contributed by atoms with Crippen LogP contribution >= 0.6 is 7.14 Å². The van der Waals surface area contributed by atoms with E-state index in [0.717, 1.165) is 71.6 Å². The van der Waals surface area contributed by atoms with E-state index in [1.54, 1.807) is 0 Å². The van der Waals surface area contributed by atoms with Crippen molar-refractivity contribution in [1.82, 2.24) is 4.57 Å². The quantitative estimate of drug-likeness (QED) is 0.166. The summed E-state index contributed by atoms with van der Waals surface area (Å²) in [6.45, 7) is 0. The number of para-hydroxylation sites is 1. The predicted molar refractivity (Wildman–Crippen MR) is 229 cm³/mol. The third kappa shape index (κ3) is 4.52. The van der Waals surface area contributed by atoms with Crippen molar-refractivity contribution in [2.24, 2.45) is 0 Å². The lowest BCUT2D eigenvalue weighted by Crippen LogP contribution is -2.22. The van der Waals surface area contributed by atoms with Gasteiger partial charge in [0.1, 0.15) is 0 Å². The maximum atomic E-state index is 16.0. The predicted octanol–water partition coefficient (Wildman–Crippen LogP) is 12.2. The molecular weight excluding hydrogens is 676 g/mol. The third-order valence-corrected chi connectivity index (χ3v) is 14.3. The first-order valence-electron chi connectivity index (χ1n) is 18.4. The lowest BCUT2D eigenvalue weighted by atomic mass is 10.0. The fraction of sp³-hybridized carbons (Fsp3) is 0. The molecule has 4 heteroatoms. The normalized spacial score (nSPS) is 14.8. The van der Waals surface area contributed by atoms with E-state index in [4.69, 9.17) is 0 Å². The summed E-state index contributed by atoms with van der Waals surface area (Å²) >= 11 is 0. The summed E-state index contributed by atoms with van der Waals surface area (Å²) in [7, 11) is -3.23. The molecule has 0 saturated carbocycles. The van der Waals surface area contributed by atoms with Gasteiger partial charge in [-0.2, -0.15) is 0 Å². The molecule has 0 radical (unpaired) electrons. The molecule has 11 rings (SSSR count). The molecule has 10 aromatic rings. The van der Waals surface area contributed by atoms with Gasteiger partial charge in [0.15, 0.2) is 7.14 Å². The second kappa shape index (κ2) is 11.9. The van der Waals surface area contributed by atoms with E-state index in [1.807, 2.05) is 36.4 Å². The second-order valence-electron chi connectivity index (χ2n) is 14.1. The van der Waals surface area contributed by atoms with Gasteiger partial charge in [-0.3, -0.25) is 0 Å². The number of hydrogen-bond donors (Lipinski definition) is 0. The summed E-state index contributed by atoms with van der Waals surface area (Å²) in [5.41, 5.74) is 8.44. The van der Waals surface area contributed by atoms with Crippen LogP contribution in [0.1, 0.15) is 0 Å². The van der Waals surface area contributed by atoms with E-state index in [0.29, 0.717) is 0 Å². The van der Waals surface area contributed by atoms with Gasteiger partial charge in [-0.1, -0.05) is 146 Å². The van der Waals surface area contributed by atoms with E-state index in [2.05, 4.69) is 173 Å². The molecule has 9 aromatic carbocycles. The highest BCUT2D eigenvalue weighted by atomic mass is 31.2. The zero-order valence-corrected chi connectivity index (χ0v) is 30.2. The van der Waals surface area contributed by atoms with Gasteiger partial charge in [-0.15, -0.1) is 0 Å². The van der Waals surface area contributed by atoms with Crippen LogP contribution in [0.2, 0.25) is 0 Å². The van der Waals surface area contributed by atoms with Gasteiger partial charge >= 0.3 is 0 Å². The van der Waals surface area contributed by atoms with Gasteiger partial charge in [0.25, 0.3) is 0 Å². The highest BCUT2D eigenvalue weighted by molar-refractivity contribution is 7.86. The summed E-state index contributed by atoms with van der Waals surface area (Å²) in [4.78, 5) is 2.34. The van der Waals surface area contributed by atoms with E-state index in [-0.39, 0.29) is 0 Å². The molecular formula is C50H33N2OP. The van der Waals surface area contributed by atoms with Gasteiger partial charge in [0.2, 0.25) is 0 Å². The lowest BCUT2D eigenvalue weighted by Gasteiger charge is -2.26. The fourth-order valence-corrected chi connectivity index (χ4v) is 11.9. The Balaban J connectivity index is 1.14. The largest absolute Gasteiger partial charge is 0.310 e. The molecule has 1 aliphatic heterocycles. The summed E-state index contributed by atoms with van der Waals surface area (Å²) in [5, 5.41) is 9.75. The molecule has 1 aromatic heterocycles. The number of nitrogens with zero attached hydrogens (tertiary/aromatic N) is 2. The Hall–Kier alpha value is -6.67. The smallest absolute Gasteiger partial charge is 0.174 e. The fourth-order valence-electron chi connectivity index (χ4n) is 8.68. The summed E-state index contributed by atoms with van der Waals surface area (Å²) in [5.74, 6) is 0. The van der Waals surface area contributed by atoms with Gasteiger partial charge in [-0.25, -0.2) is 0 Å². The highest BCUT2D eigenvalue weighted by Crippen LogP contribution is 2.55. The number of aromatic nitrogens is 1. The molecule has 0 amide bonds. The lowest BCUT2D eigenvalue weighted by molar-refractivity contribution is 0.593.